The summed E-state index contributed by atoms with van der Waals surface area (Å²) < 4.78 is 19.5. The highest BCUT2D eigenvalue weighted by Crippen LogP contribution is 2.26. The van der Waals surface area contributed by atoms with Gasteiger partial charge in [-0.05, 0) is 38.4 Å². The largest absolute Gasteiger partial charge is 0.466 e. The van der Waals surface area contributed by atoms with Gasteiger partial charge in [0.05, 0.1) is 0 Å². The summed E-state index contributed by atoms with van der Waals surface area (Å²) in [7, 11) is 0. The standard InChI is InChI=1S/C11H16FNO/c1-9-3-4-10(14-9)7-11(12)5-2-6-13-8-11/h3-4,13H,2,5-8H2,1H3. The molecule has 0 spiro atoms. The van der Waals surface area contributed by atoms with Crippen molar-refractivity contribution in [1.29, 1.82) is 0 Å². The van der Waals surface area contributed by atoms with E-state index in [9.17, 15) is 4.39 Å². The van der Waals surface area contributed by atoms with Crippen molar-refractivity contribution in [2.75, 3.05) is 13.1 Å². The van der Waals surface area contributed by atoms with E-state index < -0.39 is 5.67 Å². The first kappa shape index (κ1) is 9.71. The molecule has 1 saturated heterocycles. The van der Waals surface area contributed by atoms with Gasteiger partial charge in [-0.3, -0.25) is 0 Å². The maximum Gasteiger partial charge on any atom is 0.130 e. The molecule has 2 heterocycles. The third-order valence-electron chi connectivity index (χ3n) is 2.71. The smallest absolute Gasteiger partial charge is 0.130 e. The Labute approximate surface area is 83.5 Å². The average Bonchev–Trinajstić information content (AvgIpc) is 2.51. The lowest BCUT2D eigenvalue weighted by Gasteiger charge is -2.29. The second-order valence-corrected chi connectivity index (χ2v) is 4.12. The van der Waals surface area contributed by atoms with Crippen molar-refractivity contribution in [2.24, 2.45) is 0 Å². The molecular formula is C11H16FNO. The van der Waals surface area contributed by atoms with Gasteiger partial charge >= 0.3 is 0 Å². The Morgan fingerprint density at radius 1 is 1.57 bits per heavy atom. The maximum atomic E-state index is 14.1. The fourth-order valence-corrected chi connectivity index (χ4v) is 1.97. The molecule has 0 aliphatic carbocycles. The van der Waals surface area contributed by atoms with Crippen molar-refractivity contribution in [2.45, 2.75) is 31.9 Å². The maximum absolute atomic E-state index is 14.1. The number of rotatable bonds is 2. The monoisotopic (exact) mass is 197 g/mol. The van der Waals surface area contributed by atoms with E-state index in [1.807, 2.05) is 19.1 Å². The topological polar surface area (TPSA) is 25.2 Å². The zero-order valence-corrected chi connectivity index (χ0v) is 8.48. The lowest BCUT2D eigenvalue weighted by atomic mass is 9.92. The molecule has 78 valence electrons. The summed E-state index contributed by atoms with van der Waals surface area (Å²) in [6.45, 7) is 3.27. The summed E-state index contributed by atoms with van der Waals surface area (Å²) in [4.78, 5) is 0. The van der Waals surface area contributed by atoms with E-state index in [1.165, 1.54) is 0 Å². The van der Waals surface area contributed by atoms with Crippen molar-refractivity contribution < 1.29 is 8.81 Å². The van der Waals surface area contributed by atoms with Gasteiger partial charge in [-0.15, -0.1) is 0 Å². The highest BCUT2D eigenvalue weighted by Gasteiger charge is 2.32. The van der Waals surface area contributed by atoms with Crippen LogP contribution in [0.25, 0.3) is 0 Å². The highest BCUT2D eigenvalue weighted by atomic mass is 19.1. The molecule has 1 atom stereocenters. The van der Waals surface area contributed by atoms with Gasteiger partial charge in [0.25, 0.3) is 0 Å². The number of halogens is 1. The first-order valence-electron chi connectivity index (χ1n) is 5.13. The van der Waals surface area contributed by atoms with Gasteiger partial charge in [0.15, 0.2) is 0 Å². The number of nitrogens with one attached hydrogen (secondary N) is 1. The van der Waals surface area contributed by atoms with Crippen LogP contribution in [0.4, 0.5) is 4.39 Å². The summed E-state index contributed by atoms with van der Waals surface area (Å²) in [6, 6.07) is 3.75. The Hall–Kier alpha value is -0.830. The first-order valence-corrected chi connectivity index (χ1v) is 5.13. The summed E-state index contributed by atoms with van der Waals surface area (Å²) in [5, 5.41) is 3.09. The lowest BCUT2D eigenvalue weighted by molar-refractivity contribution is 0.115. The van der Waals surface area contributed by atoms with Crippen LogP contribution in [0.1, 0.15) is 24.4 Å². The minimum atomic E-state index is -1.11. The Morgan fingerprint density at radius 2 is 2.43 bits per heavy atom. The van der Waals surface area contributed by atoms with Crippen molar-refractivity contribution in [1.82, 2.24) is 5.32 Å². The van der Waals surface area contributed by atoms with Crippen LogP contribution in [-0.4, -0.2) is 18.8 Å². The fraction of sp³-hybridized carbons (Fsp3) is 0.636. The predicted octanol–water partition coefficient (Wildman–Crippen LogP) is 2.22. The number of hydrogen-bond donors (Lipinski definition) is 1. The molecule has 0 saturated carbocycles. The van der Waals surface area contributed by atoms with Crippen molar-refractivity contribution in [3.05, 3.63) is 23.7 Å². The van der Waals surface area contributed by atoms with Crippen LogP contribution in [0, 0.1) is 6.92 Å². The van der Waals surface area contributed by atoms with E-state index in [-0.39, 0.29) is 0 Å². The molecule has 1 aromatic heterocycles. The van der Waals surface area contributed by atoms with Gasteiger partial charge in [0.1, 0.15) is 17.2 Å². The highest BCUT2D eigenvalue weighted by molar-refractivity contribution is 5.09. The van der Waals surface area contributed by atoms with Crippen LogP contribution >= 0.6 is 0 Å². The van der Waals surface area contributed by atoms with E-state index in [4.69, 9.17) is 4.42 Å². The lowest BCUT2D eigenvalue weighted by Crippen LogP contribution is -2.43. The average molecular weight is 197 g/mol. The van der Waals surface area contributed by atoms with Gasteiger partial charge < -0.3 is 9.73 Å². The molecule has 2 rings (SSSR count). The summed E-state index contributed by atoms with van der Waals surface area (Å²) in [5.74, 6) is 1.61. The quantitative estimate of drug-likeness (QED) is 0.786. The van der Waals surface area contributed by atoms with Crippen molar-refractivity contribution in [3.8, 4) is 0 Å². The fourth-order valence-electron chi connectivity index (χ4n) is 1.97. The molecule has 1 aliphatic heterocycles. The van der Waals surface area contributed by atoms with Gasteiger partial charge in [0, 0.05) is 13.0 Å². The first-order chi connectivity index (χ1) is 6.68. The van der Waals surface area contributed by atoms with Crippen LogP contribution in [0.2, 0.25) is 0 Å². The van der Waals surface area contributed by atoms with Crippen molar-refractivity contribution in [3.63, 3.8) is 0 Å². The molecule has 1 aromatic rings. The van der Waals surface area contributed by atoms with Gasteiger partial charge in [-0.1, -0.05) is 0 Å². The molecule has 1 aliphatic rings. The molecule has 1 unspecified atom stereocenters. The van der Waals surface area contributed by atoms with E-state index in [0.717, 1.165) is 24.5 Å². The van der Waals surface area contributed by atoms with E-state index >= 15 is 0 Å². The second-order valence-electron chi connectivity index (χ2n) is 4.12. The van der Waals surface area contributed by atoms with Crippen LogP contribution < -0.4 is 5.32 Å². The normalized spacial score (nSPS) is 27.9. The van der Waals surface area contributed by atoms with E-state index in [1.54, 1.807) is 0 Å². The number of piperidine rings is 1. The Bertz CT molecular complexity index is 302. The minimum Gasteiger partial charge on any atom is -0.466 e. The molecule has 1 fully saturated rings. The van der Waals surface area contributed by atoms with Gasteiger partial charge in [-0.2, -0.15) is 0 Å². The zero-order valence-electron chi connectivity index (χ0n) is 8.48. The Kier molecular flexibility index (Phi) is 2.59. The minimum absolute atomic E-state index is 0.397. The van der Waals surface area contributed by atoms with Crippen LogP contribution in [0.5, 0.6) is 0 Å². The molecule has 1 N–H and O–H groups in total. The van der Waals surface area contributed by atoms with Gasteiger partial charge in [0.2, 0.25) is 0 Å². The number of furan rings is 1. The van der Waals surface area contributed by atoms with Crippen LogP contribution in [0.15, 0.2) is 16.5 Å². The van der Waals surface area contributed by atoms with Crippen LogP contribution in [-0.2, 0) is 6.42 Å². The Balaban J connectivity index is 2.01. The van der Waals surface area contributed by atoms with E-state index in [0.29, 0.717) is 19.4 Å². The van der Waals surface area contributed by atoms with E-state index in [2.05, 4.69) is 5.32 Å². The summed E-state index contributed by atoms with van der Waals surface area (Å²) in [6.07, 6.45) is 1.95. The molecule has 0 amide bonds. The van der Waals surface area contributed by atoms with Gasteiger partial charge in [-0.25, -0.2) is 4.39 Å². The Morgan fingerprint density at radius 3 is 3.00 bits per heavy atom. The number of hydrogen-bond acceptors (Lipinski definition) is 2. The number of aryl methyl sites for hydroxylation is 1. The number of alkyl halides is 1. The second kappa shape index (κ2) is 3.73. The summed E-state index contributed by atoms with van der Waals surface area (Å²) in [5.41, 5.74) is -1.11. The molecule has 2 nitrogen and oxygen atoms in total. The SMILES string of the molecule is Cc1ccc(CC2(F)CCCNC2)o1. The molecular weight excluding hydrogens is 181 g/mol. The molecule has 0 radical (unpaired) electrons. The zero-order chi connectivity index (χ0) is 10.0. The van der Waals surface area contributed by atoms with Crippen molar-refractivity contribution >= 4 is 0 Å². The third-order valence-corrected chi connectivity index (χ3v) is 2.71. The third kappa shape index (κ3) is 2.15. The van der Waals surface area contributed by atoms with Crippen LogP contribution in [0.3, 0.4) is 0 Å². The molecule has 14 heavy (non-hydrogen) atoms. The molecule has 3 heteroatoms. The molecule has 0 bridgehead atoms. The predicted molar refractivity (Wildman–Crippen MR) is 53.1 cm³/mol. The summed E-state index contributed by atoms with van der Waals surface area (Å²) >= 11 is 0. The molecule has 0 aromatic carbocycles.